The predicted molar refractivity (Wildman–Crippen MR) is 87.7 cm³/mol. The molecule has 7 nitrogen and oxygen atoms in total. The zero-order valence-electron chi connectivity index (χ0n) is 14.4. The lowest BCUT2D eigenvalue weighted by Gasteiger charge is -2.26. The SMILES string of the molecule is Cc1nc(C)c(C)c(N(C)C[C@H]2OCC[C@H]2c2n[nH]c(C)n2)n1. The van der Waals surface area contributed by atoms with Gasteiger partial charge in [0.2, 0.25) is 0 Å². The minimum Gasteiger partial charge on any atom is -0.376 e. The van der Waals surface area contributed by atoms with Gasteiger partial charge in [-0.05, 0) is 34.1 Å². The van der Waals surface area contributed by atoms with Crippen LogP contribution in [0, 0.1) is 27.7 Å². The fourth-order valence-corrected chi connectivity index (χ4v) is 3.13. The van der Waals surface area contributed by atoms with Gasteiger partial charge in [-0.1, -0.05) is 0 Å². The van der Waals surface area contributed by atoms with Gasteiger partial charge in [0.25, 0.3) is 0 Å². The van der Waals surface area contributed by atoms with E-state index in [0.717, 1.165) is 54.1 Å². The number of ether oxygens (including phenoxy) is 1. The third-order valence-corrected chi connectivity index (χ3v) is 4.45. The number of aromatic amines is 1. The van der Waals surface area contributed by atoms with E-state index in [4.69, 9.17) is 4.74 Å². The molecule has 0 aromatic carbocycles. The van der Waals surface area contributed by atoms with E-state index >= 15 is 0 Å². The van der Waals surface area contributed by atoms with E-state index in [2.05, 4.69) is 44.0 Å². The number of nitrogens with zero attached hydrogens (tertiary/aromatic N) is 5. The Kier molecular flexibility index (Phi) is 4.30. The second-order valence-corrected chi connectivity index (χ2v) is 6.27. The number of hydrogen-bond donors (Lipinski definition) is 1. The van der Waals surface area contributed by atoms with Crippen LogP contribution in [-0.2, 0) is 4.74 Å². The summed E-state index contributed by atoms with van der Waals surface area (Å²) < 4.78 is 5.94. The fraction of sp³-hybridized carbons (Fsp3) is 0.625. The summed E-state index contributed by atoms with van der Waals surface area (Å²) in [7, 11) is 2.05. The lowest BCUT2D eigenvalue weighted by molar-refractivity contribution is 0.108. The molecule has 0 bridgehead atoms. The maximum absolute atomic E-state index is 5.94. The first-order valence-corrected chi connectivity index (χ1v) is 7.99. The van der Waals surface area contributed by atoms with Crippen molar-refractivity contribution in [2.45, 2.75) is 46.1 Å². The molecule has 0 saturated carbocycles. The highest BCUT2D eigenvalue weighted by Crippen LogP contribution is 2.30. The summed E-state index contributed by atoms with van der Waals surface area (Å²) in [5, 5.41) is 7.24. The zero-order chi connectivity index (χ0) is 16.6. The summed E-state index contributed by atoms with van der Waals surface area (Å²) in [6.07, 6.45) is 1.03. The Morgan fingerprint density at radius 1 is 1.17 bits per heavy atom. The highest BCUT2D eigenvalue weighted by molar-refractivity contribution is 5.47. The van der Waals surface area contributed by atoms with Crippen LogP contribution in [0.5, 0.6) is 0 Å². The van der Waals surface area contributed by atoms with Gasteiger partial charge < -0.3 is 9.64 Å². The normalized spacial score (nSPS) is 20.9. The van der Waals surface area contributed by atoms with E-state index in [9.17, 15) is 0 Å². The molecule has 2 aromatic heterocycles. The van der Waals surface area contributed by atoms with Crippen LogP contribution in [0.1, 0.15) is 41.1 Å². The number of H-pyrrole nitrogens is 1. The number of likely N-dealkylation sites (N-methyl/N-ethyl adjacent to an activating group) is 1. The topological polar surface area (TPSA) is 79.8 Å². The van der Waals surface area contributed by atoms with Crippen LogP contribution in [0.3, 0.4) is 0 Å². The predicted octanol–water partition coefficient (Wildman–Crippen LogP) is 1.84. The van der Waals surface area contributed by atoms with Crippen molar-refractivity contribution >= 4 is 5.82 Å². The Hall–Kier alpha value is -2.02. The summed E-state index contributed by atoms with van der Waals surface area (Å²) in [6.45, 7) is 9.43. The summed E-state index contributed by atoms with van der Waals surface area (Å²) >= 11 is 0. The molecule has 2 atom stereocenters. The number of nitrogens with one attached hydrogen (secondary N) is 1. The number of aryl methyl sites for hydroxylation is 3. The smallest absolute Gasteiger partial charge is 0.156 e. The number of rotatable bonds is 4. The van der Waals surface area contributed by atoms with Gasteiger partial charge >= 0.3 is 0 Å². The molecule has 1 N–H and O–H groups in total. The van der Waals surface area contributed by atoms with Crippen LogP contribution in [0.25, 0.3) is 0 Å². The number of hydrogen-bond acceptors (Lipinski definition) is 6. The van der Waals surface area contributed by atoms with Crippen molar-refractivity contribution in [1.82, 2.24) is 25.1 Å². The number of anilines is 1. The van der Waals surface area contributed by atoms with Crippen LogP contribution in [0.2, 0.25) is 0 Å². The molecule has 1 fully saturated rings. The van der Waals surface area contributed by atoms with Crippen LogP contribution in [0.4, 0.5) is 5.82 Å². The van der Waals surface area contributed by atoms with Crippen LogP contribution in [0.15, 0.2) is 0 Å². The van der Waals surface area contributed by atoms with Crippen molar-refractivity contribution in [3.8, 4) is 0 Å². The molecule has 0 spiro atoms. The molecular weight excluding hydrogens is 292 g/mol. The van der Waals surface area contributed by atoms with Gasteiger partial charge in [0.1, 0.15) is 17.5 Å². The minimum atomic E-state index is 0.0742. The summed E-state index contributed by atoms with van der Waals surface area (Å²) in [5.74, 6) is 3.69. The molecule has 0 unspecified atom stereocenters. The van der Waals surface area contributed by atoms with Gasteiger partial charge in [-0.25, -0.2) is 15.0 Å². The molecule has 1 aliphatic heterocycles. The Morgan fingerprint density at radius 2 is 1.96 bits per heavy atom. The highest BCUT2D eigenvalue weighted by atomic mass is 16.5. The number of aromatic nitrogens is 5. The fourth-order valence-electron chi connectivity index (χ4n) is 3.13. The van der Waals surface area contributed by atoms with Gasteiger partial charge in [-0.2, -0.15) is 5.10 Å². The van der Waals surface area contributed by atoms with Gasteiger partial charge in [0.05, 0.1) is 12.0 Å². The Balaban J connectivity index is 1.78. The third kappa shape index (κ3) is 3.19. The van der Waals surface area contributed by atoms with Gasteiger partial charge in [-0.15, -0.1) is 0 Å². The average Bonchev–Trinajstić information content (AvgIpc) is 3.11. The van der Waals surface area contributed by atoms with E-state index in [1.54, 1.807) is 0 Å². The molecule has 1 aliphatic rings. The van der Waals surface area contributed by atoms with Crippen molar-refractivity contribution in [3.63, 3.8) is 0 Å². The van der Waals surface area contributed by atoms with Gasteiger partial charge in [0, 0.05) is 31.5 Å². The van der Waals surface area contributed by atoms with Gasteiger partial charge in [0.15, 0.2) is 5.82 Å². The Labute approximate surface area is 136 Å². The van der Waals surface area contributed by atoms with Crippen molar-refractivity contribution in [2.24, 2.45) is 0 Å². The van der Waals surface area contributed by atoms with E-state index in [-0.39, 0.29) is 12.0 Å². The first kappa shape index (κ1) is 15.9. The van der Waals surface area contributed by atoms with E-state index in [1.807, 2.05) is 20.8 Å². The first-order chi connectivity index (χ1) is 11.0. The molecular formula is C16H24N6O. The summed E-state index contributed by atoms with van der Waals surface area (Å²) in [4.78, 5) is 15.6. The van der Waals surface area contributed by atoms with E-state index in [0.29, 0.717) is 0 Å². The van der Waals surface area contributed by atoms with Crippen LogP contribution >= 0.6 is 0 Å². The average molecular weight is 316 g/mol. The maximum atomic E-state index is 5.94. The third-order valence-electron chi connectivity index (χ3n) is 4.45. The molecule has 0 aliphatic carbocycles. The Bertz CT molecular complexity index is 698. The van der Waals surface area contributed by atoms with Crippen molar-refractivity contribution < 1.29 is 4.74 Å². The second kappa shape index (κ2) is 6.23. The molecule has 3 rings (SSSR count). The maximum Gasteiger partial charge on any atom is 0.156 e. The second-order valence-electron chi connectivity index (χ2n) is 6.27. The lowest BCUT2D eigenvalue weighted by Crippen LogP contribution is -2.33. The van der Waals surface area contributed by atoms with E-state index < -0.39 is 0 Å². The Morgan fingerprint density at radius 3 is 2.65 bits per heavy atom. The minimum absolute atomic E-state index is 0.0742. The monoisotopic (exact) mass is 316 g/mol. The van der Waals surface area contributed by atoms with Crippen LogP contribution < -0.4 is 4.90 Å². The molecule has 1 saturated heterocycles. The zero-order valence-corrected chi connectivity index (χ0v) is 14.4. The largest absolute Gasteiger partial charge is 0.376 e. The van der Waals surface area contributed by atoms with Crippen molar-refractivity contribution in [1.29, 1.82) is 0 Å². The van der Waals surface area contributed by atoms with Gasteiger partial charge in [-0.3, -0.25) is 5.10 Å². The summed E-state index contributed by atoms with van der Waals surface area (Å²) in [6, 6.07) is 0. The molecule has 124 valence electrons. The standard InChI is InChI=1S/C16H24N6O/c1-9-10(2)17-11(3)19-16(9)22(5)8-14-13(6-7-23-14)15-18-12(4)20-21-15/h13-14H,6-8H2,1-5H3,(H,18,20,21)/t13-,14-/m1/s1. The van der Waals surface area contributed by atoms with Crippen molar-refractivity contribution in [3.05, 3.63) is 28.7 Å². The van der Waals surface area contributed by atoms with Crippen molar-refractivity contribution in [2.75, 3.05) is 25.1 Å². The quantitative estimate of drug-likeness (QED) is 0.927. The summed E-state index contributed by atoms with van der Waals surface area (Å²) in [5.41, 5.74) is 2.13. The molecule has 0 radical (unpaired) electrons. The van der Waals surface area contributed by atoms with E-state index in [1.165, 1.54) is 0 Å². The van der Waals surface area contributed by atoms with Crippen LogP contribution in [-0.4, -0.2) is 51.5 Å². The molecule has 7 heteroatoms. The highest BCUT2D eigenvalue weighted by Gasteiger charge is 2.33. The molecule has 23 heavy (non-hydrogen) atoms. The first-order valence-electron chi connectivity index (χ1n) is 7.99. The lowest BCUT2D eigenvalue weighted by atomic mass is 10.0. The molecule has 3 heterocycles. The molecule has 2 aromatic rings. The molecule has 0 amide bonds.